The third-order valence-electron chi connectivity index (χ3n) is 7.70. The summed E-state index contributed by atoms with van der Waals surface area (Å²) in [5, 5.41) is 0. The SMILES string of the molecule is COc1cc(C)c(S(=O)(=O)N(C)CCOCC(=O)N2CCCC(N(C)C3CCN(C)CC3)C2)c(C)c1. The Hall–Kier alpha value is -1.72. The summed E-state index contributed by atoms with van der Waals surface area (Å²) in [6.07, 6.45) is 4.45. The van der Waals surface area contributed by atoms with Crippen LogP contribution in [-0.2, 0) is 19.6 Å². The van der Waals surface area contributed by atoms with E-state index in [1.165, 1.54) is 24.2 Å². The Morgan fingerprint density at radius 2 is 1.69 bits per heavy atom. The van der Waals surface area contributed by atoms with Gasteiger partial charge in [0.05, 0.1) is 18.6 Å². The van der Waals surface area contributed by atoms with Crippen LogP contribution >= 0.6 is 0 Å². The van der Waals surface area contributed by atoms with Gasteiger partial charge in [-0.05, 0) is 90.0 Å². The van der Waals surface area contributed by atoms with Gasteiger partial charge in [0.15, 0.2) is 0 Å². The van der Waals surface area contributed by atoms with E-state index in [4.69, 9.17) is 9.47 Å². The van der Waals surface area contributed by atoms with Crippen LogP contribution in [0.15, 0.2) is 17.0 Å². The molecule has 2 saturated heterocycles. The van der Waals surface area contributed by atoms with Crippen molar-refractivity contribution in [1.82, 2.24) is 19.0 Å². The molecule has 2 aliphatic heterocycles. The molecule has 0 spiro atoms. The molecule has 3 rings (SSSR count). The van der Waals surface area contributed by atoms with Gasteiger partial charge in [-0.25, -0.2) is 8.42 Å². The number of sulfonamides is 1. The first kappa shape index (κ1) is 28.8. The predicted octanol–water partition coefficient (Wildman–Crippen LogP) is 1.97. The minimum absolute atomic E-state index is 0.0242. The zero-order chi connectivity index (χ0) is 26.5. The molecule has 1 atom stereocenters. The zero-order valence-electron chi connectivity index (χ0n) is 22.8. The average molecular weight is 525 g/mol. The number of likely N-dealkylation sites (N-methyl/N-ethyl adjacent to an activating group) is 2. The van der Waals surface area contributed by atoms with E-state index >= 15 is 0 Å². The summed E-state index contributed by atoms with van der Waals surface area (Å²) in [7, 11) is 3.79. The summed E-state index contributed by atoms with van der Waals surface area (Å²) in [5.41, 5.74) is 1.28. The molecule has 0 bridgehead atoms. The van der Waals surface area contributed by atoms with Crippen LogP contribution in [0.3, 0.4) is 0 Å². The van der Waals surface area contributed by atoms with E-state index < -0.39 is 10.0 Å². The van der Waals surface area contributed by atoms with Crippen molar-refractivity contribution in [2.24, 2.45) is 0 Å². The van der Waals surface area contributed by atoms with Crippen LogP contribution in [0.4, 0.5) is 0 Å². The second kappa shape index (κ2) is 12.7. The van der Waals surface area contributed by atoms with Crippen LogP contribution in [0.1, 0.15) is 36.8 Å². The standard InChI is InChI=1S/C26H44N4O5S/c1-20-16-24(34-6)17-21(2)26(20)36(32,33)28(4)14-15-35-19-25(31)30-11-7-8-23(18-30)29(5)22-9-12-27(3)13-10-22/h16-17,22-23H,7-15,18-19H2,1-6H3. The topological polar surface area (TPSA) is 82.6 Å². The number of nitrogens with zero attached hydrogens (tertiary/aromatic N) is 4. The molecular formula is C26H44N4O5S. The Kier molecular flexibility index (Phi) is 10.2. The number of ether oxygens (including phenoxy) is 2. The molecule has 204 valence electrons. The van der Waals surface area contributed by atoms with E-state index in [0.717, 1.165) is 39.0 Å². The molecule has 0 radical (unpaired) electrons. The van der Waals surface area contributed by atoms with Crippen LogP contribution in [0, 0.1) is 13.8 Å². The lowest BCUT2D eigenvalue weighted by Crippen LogP contribution is -2.53. The molecular weight excluding hydrogens is 480 g/mol. The minimum atomic E-state index is -3.68. The van der Waals surface area contributed by atoms with Gasteiger partial charge in [0.1, 0.15) is 12.4 Å². The summed E-state index contributed by atoms with van der Waals surface area (Å²) in [6, 6.07) is 4.40. The number of piperidine rings is 2. The van der Waals surface area contributed by atoms with Gasteiger partial charge in [0.2, 0.25) is 15.9 Å². The molecule has 0 N–H and O–H groups in total. The molecule has 1 aromatic carbocycles. The fourth-order valence-electron chi connectivity index (χ4n) is 5.37. The van der Waals surface area contributed by atoms with E-state index in [1.807, 2.05) is 4.90 Å². The number of amides is 1. The smallest absolute Gasteiger partial charge is 0.248 e. The average Bonchev–Trinajstić information content (AvgIpc) is 2.85. The van der Waals surface area contributed by atoms with Gasteiger partial charge in [-0.2, -0.15) is 4.31 Å². The maximum Gasteiger partial charge on any atom is 0.248 e. The number of benzene rings is 1. The summed E-state index contributed by atoms with van der Waals surface area (Å²) in [6.45, 7) is 7.56. The number of carbonyl (C=O) groups is 1. The van der Waals surface area contributed by atoms with Crippen LogP contribution in [-0.4, -0.2) is 120 Å². The predicted molar refractivity (Wildman–Crippen MR) is 141 cm³/mol. The lowest BCUT2D eigenvalue weighted by atomic mass is 9.98. The van der Waals surface area contributed by atoms with Crippen LogP contribution in [0.2, 0.25) is 0 Å². The number of carbonyl (C=O) groups excluding carboxylic acids is 1. The molecule has 9 nitrogen and oxygen atoms in total. The van der Waals surface area contributed by atoms with Crippen molar-refractivity contribution in [1.29, 1.82) is 0 Å². The second-order valence-corrected chi connectivity index (χ2v) is 12.3. The number of hydrogen-bond donors (Lipinski definition) is 0. The van der Waals surface area contributed by atoms with Gasteiger partial charge in [-0.3, -0.25) is 9.69 Å². The molecule has 2 heterocycles. The van der Waals surface area contributed by atoms with Gasteiger partial charge < -0.3 is 19.3 Å². The molecule has 0 saturated carbocycles. The highest BCUT2D eigenvalue weighted by atomic mass is 32.2. The molecule has 1 unspecified atom stereocenters. The van der Waals surface area contributed by atoms with Crippen LogP contribution < -0.4 is 4.74 Å². The highest BCUT2D eigenvalue weighted by Crippen LogP contribution is 2.27. The molecule has 2 aliphatic rings. The molecule has 0 aliphatic carbocycles. The van der Waals surface area contributed by atoms with E-state index in [9.17, 15) is 13.2 Å². The lowest BCUT2D eigenvalue weighted by Gasteiger charge is -2.43. The largest absolute Gasteiger partial charge is 0.497 e. The Morgan fingerprint density at radius 3 is 2.31 bits per heavy atom. The first-order chi connectivity index (χ1) is 17.0. The molecule has 2 fully saturated rings. The lowest BCUT2D eigenvalue weighted by molar-refractivity contribution is -0.138. The van der Waals surface area contributed by atoms with E-state index in [2.05, 4.69) is 23.9 Å². The van der Waals surface area contributed by atoms with Crippen molar-refractivity contribution in [3.8, 4) is 5.75 Å². The summed E-state index contributed by atoms with van der Waals surface area (Å²) >= 11 is 0. The number of likely N-dealkylation sites (tertiary alicyclic amines) is 2. The maximum absolute atomic E-state index is 13.1. The zero-order valence-corrected chi connectivity index (χ0v) is 23.6. The van der Waals surface area contributed by atoms with E-state index in [1.54, 1.807) is 33.1 Å². The highest BCUT2D eigenvalue weighted by Gasteiger charge is 2.31. The summed E-state index contributed by atoms with van der Waals surface area (Å²) < 4.78 is 38.4. The third kappa shape index (κ3) is 6.98. The first-order valence-corrected chi connectivity index (χ1v) is 14.4. The molecule has 1 aromatic rings. The van der Waals surface area contributed by atoms with Gasteiger partial charge in [0, 0.05) is 38.8 Å². The second-order valence-electron chi connectivity index (χ2n) is 10.3. The van der Waals surface area contributed by atoms with Crippen LogP contribution in [0.5, 0.6) is 5.75 Å². The van der Waals surface area contributed by atoms with Crippen molar-refractivity contribution in [3.63, 3.8) is 0 Å². The maximum atomic E-state index is 13.1. The van der Waals surface area contributed by atoms with Crippen molar-refractivity contribution < 1.29 is 22.7 Å². The molecule has 1 amide bonds. The summed E-state index contributed by atoms with van der Waals surface area (Å²) in [4.78, 5) is 19.9. The summed E-state index contributed by atoms with van der Waals surface area (Å²) in [5.74, 6) is 0.606. The Morgan fingerprint density at radius 1 is 1.06 bits per heavy atom. The van der Waals surface area contributed by atoms with E-state index in [0.29, 0.717) is 29.0 Å². The van der Waals surface area contributed by atoms with Gasteiger partial charge >= 0.3 is 0 Å². The molecule has 36 heavy (non-hydrogen) atoms. The van der Waals surface area contributed by atoms with Crippen molar-refractivity contribution in [2.75, 3.05) is 74.2 Å². The Bertz CT molecular complexity index is 971. The molecule has 0 aromatic heterocycles. The van der Waals surface area contributed by atoms with E-state index in [-0.39, 0.29) is 30.6 Å². The fourth-order valence-corrected chi connectivity index (χ4v) is 6.93. The Balaban J connectivity index is 1.46. The number of hydrogen-bond acceptors (Lipinski definition) is 7. The third-order valence-corrected chi connectivity index (χ3v) is 9.87. The highest BCUT2D eigenvalue weighted by molar-refractivity contribution is 7.89. The Labute approximate surface area is 217 Å². The first-order valence-electron chi connectivity index (χ1n) is 12.9. The van der Waals surface area contributed by atoms with Crippen molar-refractivity contribution in [3.05, 3.63) is 23.3 Å². The van der Waals surface area contributed by atoms with Gasteiger partial charge in [-0.1, -0.05) is 0 Å². The van der Waals surface area contributed by atoms with Gasteiger partial charge in [-0.15, -0.1) is 0 Å². The van der Waals surface area contributed by atoms with Gasteiger partial charge in [0.25, 0.3) is 0 Å². The molecule has 10 heteroatoms. The quantitative estimate of drug-likeness (QED) is 0.433. The van der Waals surface area contributed by atoms with Crippen LogP contribution in [0.25, 0.3) is 0 Å². The van der Waals surface area contributed by atoms with Crippen molar-refractivity contribution in [2.45, 2.75) is 56.5 Å². The normalized spacial score (nSPS) is 20.3. The minimum Gasteiger partial charge on any atom is -0.497 e. The number of aryl methyl sites for hydroxylation is 2. The monoisotopic (exact) mass is 524 g/mol. The number of methoxy groups -OCH3 is 1. The fraction of sp³-hybridized carbons (Fsp3) is 0.731. The van der Waals surface area contributed by atoms with Crippen molar-refractivity contribution >= 4 is 15.9 Å². The number of rotatable bonds is 10.